The number of carbonyl (C=O) groups excluding carboxylic acids is 2. The molecule has 136 valence electrons. The van der Waals surface area contributed by atoms with Crippen LogP contribution in [0.3, 0.4) is 0 Å². The molecule has 1 unspecified atom stereocenters. The van der Waals surface area contributed by atoms with Crippen molar-refractivity contribution in [2.45, 2.75) is 31.8 Å². The summed E-state index contributed by atoms with van der Waals surface area (Å²) in [6.07, 6.45) is 2.46. The van der Waals surface area contributed by atoms with Gasteiger partial charge in [-0.25, -0.2) is 0 Å². The lowest BCUT2D eigenvalue weighted by atomic mass is 10.2. The highest BCUT2D eigenvalue weighted by Crippen LogP contribution is 2.26. The maximum atomic E-state index is 12.8. The van der Waals surface area contributed by atoms with E-state index in [-0.39, 0.29) is 30.8 Å². The molecule has 1 heterocycles. The van der Waals surface area contributed by atoms with Crippen molar-refractivity contribution in [2.75, 3.05) is 18.1 Å². The van der Waals surface area contributed by atoms with Crippen molar-refractivity contribution in [3.63, 3.8) is 0 Å². The maximum absolute atomic E-state index is 12.8. The minimum Gasteiger partial charge on any atom is -0.376 e. The topological polar surface area (TPSA) is 58.6 Å². The molecule has 1 fully saturated rings. The molecule has 3 rings (SSSR count). The Morgan fingerprint density at radius 1 is 0.962 bits per heavy atom. The van der Waals surface area contributed by atoms with Crippen LogP contribution in [0.15, 0.2) is 60.7 Å². The Hall–Kier alpha value is -2.66. The monoisotopic (exact) mass is 352 g/mol. The molecule has 2 aromatic rings. The number of para-hydroxylation sites is 2. The van der Waals surface area contributed by atoms with Gasteiger partial charge in [-0.15, -0.1) is 0 Å². The summed E-state index contributed by atoms with van der Waals surface area (Å²) in [7, 11) is 0. The van der Waals surface area contributed by atoms with Gasteiger partial charge in [-0.3, -0.25) is 14.5 Å². The van der Waals surface area contributed by atoms with Crippen LogP contribution >= 0.6 is 0 Å². The number of rotatable bonds is 7. The van der Waals surface area contributed by atoms with Crippen LogP contribution in [0.4, 0.5) is 11.4 Å². The highest BCUT2D eigenvalue weighted by Gasteiger charge is 2.20. The SMILES string of the molecule is O=C(CCC(=O)N(c1ccccc1)c1ccccc1)NCC1CCCO1. The summed E-state index contributed by atoms with van der Waals surface area (Å²) in [6, 6.07) is 19.0. The first-order chi connectivity index (χ1) is 12.7. The van der Waals surface area contributed by atoms with Gasteiger partial charge in [0, 0.05) is 37.4 Å². The van der Waals surface area contributed by atoms with E-state index in [9.17, 15) is 9.59 Å². The molecule has 26 heavy (non-hydrogen) atoms. The molecule has 0 bridgehead atoms. The van der Waals surface area contributed by atoms with Gasteiger partial charge in [0.25, 0.3) is 0 Å². The molecular weight excluding hydrogens is 328 g/mol. The zero-order valence-corrected chi connectivity index (χ0v) is 14.8. The summed E-state index contributed by atoms with van der Waals surface area (Å²) in [4.78, 5) is 26.6. The molecule has 0 aromatic heterocycles. The number of hydrogen-bond acceptors (Lipinski definition) is 3. The van der Waals surface area contributed by atoms with Crippen molar-refractivity contribution in [2.24, 2.45) is 0 Å². The van der Waals surface area contributed by atoms with Gasteiger partial charge < -0.3 is 10.1 Å². The maximum Gasteiger partial charge on any atom is 0.232 e. The van der Waals surface area contributed by atoms with Crippen LogP contribution < -0.4 is 10.2 Å². The zero-order valence-electron chi connectivity index (χ0n) is 14.8. The smallest absolute Gasteiger partial charge is 0.232 e. The van der Waals surface area contributed by atoms with E-state index >= 15 is 0 Å². The molecule has 1 N–H and O–H groups in total. The number of ether oxygens (including phenoxy) is 1. The van der Waals surface area contributed by atoms with Crippen molar-refractivity contribution < 1.29 is 14.3 Å². The summed E-state index contributed by atoms with van der Waals surface area (Å²) in [5, 5.41) is 2.86. The van der Waals surface area contributed by atoms with E-state index in [1.54, 1.807) is 4.90 Å². The molecule has 1 aliphatic heterocycles. The van der Waals surface area contributed by atoms with Crippen LogP contribution in [0.25, 0.3) is 0 Å². The molecule has 1 aliphatic rings. The van der Waals surface area contributed by atoms with E-state index in [0.717, 1.165) is 30.8 Å². The molecule has 5 heteroatoms. The van der Waals surface area contributed by atoms with E-state index in [4.69, 9.17) is 4.74 Å². The number of nitrogens with zero attached hydrogens (tertiary/aromatic N) is 1. The van der Waals surface area contributed by atoms with Gasteiger partial charge in [0.1, 0.15) is 0 Å². The molecule has 1 saturated heterocycles. The Balaban J connectivity index is 1.60. The number of carbonyl (C=O) groups is 2. The summed E-state index contributed by atoms with van der Waals surface area (Å²) in [5.74, 6) is -0.218. The largest absolute Gasteiger partial charge is 0.376 e. The van der Waals surface area contributed by atoms with Crippen LogP contribution in [-0.4, -0.2) is 31.1 Å². The number of nitrogens with one attached hydrogen (secondary N) is 1. The van der Waals surface area contributed by atoms with Gasteiger partial charge in [0.2, 0.25) is 11.8 Å². The van der Waals surface area contributed by atoms with Crippen LogP contribution in [0.2, 0.25) is 0 Å². The third kappa shape index (κ3) is 4.92. The molecular formula is C21H24N2O3. The van der Waals surface area contributed by atoms with Gasteiger partial charge in [0.05, 0.1) is 6.10 Å². The van der Waals surface area contributed by atoms with Gasteiger partial charge in [-0.1, -0.05) is 36.4 Å². The van der Waals surface area contributed by atoms with Crippen molar-refractivity contribution in [1.29, 1.82) is 0 Å². The first kappa shape index (κ1) is 18.1. The van der Waals surface area contributed by atoms with Crippen LogP contribution in [0, 0.1) is 0 Å². The molecule has 0 radical (unpaired) electrons. The van der Waals surface area contributed by atoms with Crippen molar-refractivity contribution in [3.8, 4) is 0 Å². The normalized spacial score (nSPS) is 16.2. The quantitative estimate of drug-likeness (QED) is 0.830. The molecule has 1 atom stereocenters. The van der Waals surface area contributed by atoms with Gasteiger partial charge >= 0.3 is 0 Å². The molecule has 5 nitrogen and oxygen atoms in total. The summed E-state index contributed by atoms with van der Waals surface area (Å²) < 4.78 is 5.49. The third-order valence-electron chi connectivity index (χ3n) is 4.40. The molecule has 2 amide bonds. The van der Waals surface area contributed by atoms with Gasteiger partial charge in [0.15, 0.2) is 0 Å². The molecule has 2 aromatic carbocycles. The van der Waals surface area contributed by atoms with Crippen molar-refractivity contribution in [3.05, 3.63) is 60.7 Å². The Bertz CT molecular complexity index is 673. The lowest BCUT2D eigenvalue weighted by molar-refractivity contribution is -0.125. The van der Waals surface area contributed by atoms with Gasteiger partial charge in [-0.05, 0) is 37.1 Å². The minimum atomic E-state index is -0.116. The second-order valence-electron chi connectivity index (χ2n) is 6.34. The molecule has 0 spiro atoms. The predicted molar refractivity (Wildman–Crippen MR) is 101 cm³/mol. The first-order valence-corrected chi connectivity index (χ1v) is 9.05. The summed E-state index contributed by atoms with van der Waals surface area (Å²) in [5.41, 5.74) is 1.59. The fourth-order valence-electron chi connectivity index (χ4n) is 3.04. The number of benzene rings is 2. The Labute approximate surface area is 154 Å². The van der Waals surface area contributed by atoms with Crippen LogP contribution in [0.5, 0.6) is 0 Å². The minimum absolute atomic E-state index is 0.102. The lowest BCUT2D eigenvalue weighted by Gasteiger charge is -2.23. The summed E-state index contributed by atoms with van der Waals surface area (Å²) >= 11 is 0. The number of hydrogen-bond donors (Lipinski definition) is 1. The fourth-order valence-corrected chi connectivity index (χ4v) is 3.04. The van der Waals surface area contributed by atoms with Crippen molar-refractivity contribution in [1.82, 2.24) is 5.32 Å². The standard InChI is InChI=1S/C21H24N2O3/c24-20(22-16-19-12-7-15-26-19)13-14-21(25)23(17-8-3-1-4-9-17)18-10-5-2-6-11-18/h1-6,8-11,19H,7,12-16H2,(H,22,24). The zero-order chi connectivity index (χ0) is 18.2. The van der Waals surface area contributed by atoms with E-state index in [0.29, 0.717) is 6.54 Å². The molecule has 0 saturated carbocycles. The number of anilines is 2. The van der Waals surface area contributed by atoms with E-state index in [1.807, 2.05) is 60.7 Å². The second kappa shape index (κ2) is 9.15. The highest BCUT2D eigenvalue weighted by molar-refractivity contribution is 6.01. The average Bonchev–Trinajstić information content (AvgIpc) is 3.20. The lowest BCUT2D eigenvalue weighted by Crippen LogP contribution is -2.33. The second-order valence-corrected chi connectivity index (χ2v) is 6.34. The first-order valence-electron chi connectivity index (χ1n) is 9.05. The van der Waals surface area contributed by atoms with E-state index in [1.165, 1.54) is 0 Å². The van der Waals surface area contributed by atoms with E-state index in [2.05, 4.69) is 5.32 Å². The van der Waals surface area contributed by atoms with Crippen LogP contribution in [0.1, 0.15) is 25.7 Å². The van der Waals surface area contributed by atoms with E-state index < -0.39 is 0 Å². The predicted octanol–water partition coefficient (Wildman–Crippen LogP) is 3.43. The average molecular weight is 352 g/mol. The fraction of sp³-hybridized carbons (Fsp3) is 0.333. The Morgan fingerprint density at radius 2 is 1.58 bits per heavy atom. The Morgan fingerprint density at radius 3 is 2.12 bits per heavy atom. The summed E-state index contributed by atoms with van der Waals surface area (Å²) in [6.45, 7) is 1.29. The van der Waals surface area contributed by atoms with Crippen LogP contribution in [-0.2, 0) is 14.3 Å². The van der Waals surface area contributed by atoms with Crippen molar-refractivity contribution >= 4 is 23.2 Å². The third-order valence-corrected chi connectivity index (χ3v) is 4.40. The number of amides is 2. The highest BCUT2D eigenvalue weighted by atomic mass is 16.5. The van der Waals surface area contributed by atoms with Gasteiger partial charge in [-0.2, -0.15) is 0 Å². The molecule has 0 aliphatic carbocycles. The Kier molecular flexibility index (Phi) is 6.39.